The van der Waals surface area contributed by atoms with Crippen molar-refractivity contribution in [3.05, 3.63) is 23.8 Å². The van der Waals surface area contributed by atoms with Gasteiger partial charge in [0.1, 0.15) is 0 Å². The predicted molar refractivity (Wildman–Crippen MR) is 73.6 cm³/mol. The number of hydrogen-bond acceptors (Lipinski definition) is 2. The Labute approximate surface area is 103 Å². The minimum absolute atomic E-state index is 1.01. The topological polar surface area (TPSA) is 31.9 Å². The minimum Gasteiger partial charge on any atom is -0.342 e. The molecule has 1 heterocycles. The van der Waals surface area contributed by atoms with Gasteiger partial charge in [-0.2, -0.15) is 0 Å². The molecule has 0 amide bonds. The van der Waals surface area contributed by atoms with Gasteiger partial charge in [-0.15, -0.1) is 0 Å². The summed E-state index contributed by atoms with van der Waals surface area (Å²) in [6.45, 7) is 8.64. The summed E-state index contributed by atoms with van der Waals surface area (Å²) in [6.07, 6.45) is 2.30. The van der Waals surface area contributed by atoms with E-state index in [4.69, 9.17) is 0 Å². The van der Waals surface area contributed by atoms with Crippen molar-refractivity contribution in [2.75, 3.05) is 18.0 Å². The first-order valence-corrected chi connectivity index (χ1v) is 6.46. The fourth-order valence-electron chi connectivity index (χ4n) is 2.12. The fourth-order valence-corrected chi connectivity index (χ4v) is 2.12. The van der Waals surface area contributed by atoms with Crippen molar-refractivity contribution >= 4 is 17.0 Å². The van der Waals surface area contributed by atoms with Crippen LogP contribution in [-0.2, 0) is 0 Å². The zero-order valence-electron chi connectivity index (χ0n) is 11.0. The van der Waals surface area contributed by atoms with Gasteiger partial charge in [0, 0.05) is 13.1 Å². The van der Waals surface area contributed by atoms with Gasteiger partial charge in [0.05, 0.1) is 11.0 Å². The van der Waals surface area contributed by atoms with Gasteiger partial charge in [0.25, 0.3) is 0 Å². The Morgan fingerprint density at radius 3 is 2.53 bits per heavy atom. The van der Waals surface area contributed by atoms with Crippen molar-refractivity contribution in [2.45, 2.75) is 33.6 Å². The van der Waals surface area contributed by atoms with Crippen LogP contribution in [0.4, 0.5) is 5.95 Å². The predicted octanol–water partition coefficient (Wildman–Crippen LogP) is 3.50. The van der Waals surface area contributed by atoms with E-state index in [1.54, 1.807) is 0 Å². The lowest BCUT2D eigenvalue weighted by molar-refractivity contribution is 0.727. The fraction of sp³-hybridized carbons (Fsp3) is 0.500. The second kappa shape index (κ2) is 5.21. The summed E-state index contributed by atoms with van der Waals surface area (Å²) in [7, 11) is 0. The third-order valence-electron chi connectivity index (χ3n) is 2.91. The first kappa shape index (κ1) is 12.0. The van der Waals surface area contributed by atoms with E-state index < -0.39 is 0 Å². The Morgan fingerprint density at radius 1 is 1.18 bits per heavy atom. The molecule has 3 nitrogen and oxygen atoms in total. The summed E-state index contributed by atoms with van der Waals surface area (Å²) in [4.78, 5) is 10.4. The number of H-pyrrole nitrogens is 1. The average molecular weight is 231 g/mol. The van der Waals surface area contributed by atoms with Crippen molar-refractivity contribution in [2.24, 2.45) is 0 Å². The van der Waals surface area contributed by atoms with E-state index in [0.717, 1.165) is 42.9 Å². The van der Waals surface area contributed by atoms with E-state index in [1.807, 2.05) is 0 Å². The third-order valence-corrected chi connectivity index (χ3v) is 2.91. The zero-order valence-corrected chi connectivity index (χ0v) is 11.0. The van der Waals surface area contributed by atoms with Crippen molar-refractivity contribution < 1.29 is 0 Å². The number of aryl methyl sites for hydroxylation is 1. The number of anilines is 1. The SMILES string of the molecule is CCCN(CCC)c1nc2ccc(C)cc2[nH]1. The van der Waals surface area contributed by atoms with Crippen LogP contribution in [0.1, 0.15) is 32.3 Å². The average Bonchev–Trinajstić information content (AvgIpc) is 2.71. The smallest absolute Gasteiger partial charge is 0.203 e. The molecule has 0 aliphatic carbocycles. The minimum atomic E-state index is 1.01. The van der Waals surface area contributed by atoms with Crippen LogP contribution in [0.5, 0.6) is 0 Å². The summed E-state index contributed by atoms with van der Waals surface area (Å²) in [5.74, 6) is 1.01. The highest BCUT2D eigenvalue weighted by molar-refractivity contribution is 5.78. The molecule has 0 saturated heterocycles. The lowest BCUT2D eigenvalue weighted by Crippen LogP contribution is -2.25. The van der Waals surface area contributed by atoms with Gasteiger partial charge >= 0.3 is 0 Å². The van der Waals surface area contributed by atoms with Crippen LogP contribution in [-0.4, -0.2) is 23.1 Å². The number of rotatable bonds is 5. The molecule has 0 spiro atoms. The standard InChI is InChI=1S/C14H21N3/c1-4-8-17(9-5-2)14-15-12-7-6-11(3)10-13(12)16-14/h6-7,10H,4-5,8-9H2,1-3H3,(H,15,16). The molecule has 0 aliphatic rings. The summed E-state index contributed by atoms with van der Waals surface area (Å²) in [5.41, 5.74) is 3.46. The maximum absolute atomic E-state index is 4.66. The molecule has 1 N–H and O–H groups in total. The Balaban J connectivity index is 2.33. The molecule has 2 aromatic rings. The molecule has 1 aromatic heterocycles. The van der Waals surface area contributed by atoms with Gasteiger partial charge in [-0.05, 0) is 37.5 Å². The molecule has 0 bridgehead atoms. The van der Waals surface area contributed by atoms with Crippen LogP contribution >= 0.6 is 0 Å². The highest BCUT2D eigenvalue weighted by Gasteiger charge is 2.09. The molecule has 0 aliphatic heterocycles. The number of nitrogens with one attached hydrogen (secondary N) is 1. The zero-order chi connectivity index (χ0) is 12.3. The van der Waals surface area contributed by atoms with Crippen LogP contribution in [0.2, 0.25) is 0 Å². The third kappa shape index (κ3) is 2.60. The van der Waals surface area contributed by atoms with Crippen LogP contribution in [0, 0.1) is 6.92 Å². The van der Waals surface area contributed by atoms with Crippen LogP contribution in [0.25, 0.3) is 11.0 Å². The van der Waals surface area contributed by atoms with Crippen molar-refractivity contribution in [1.29, 1.82) is 0 Å². The van der Waals surface area contributed by atoms with E-state index in [-0.39, 0.29) is 0 Å². The van der Waals surface area contributed by atoms with Crippen LogP contribution in [0.3, 0.4) is 0 Å². The molecule has 0 atom stereocenters. The highest BCUT2D eigenvalue weighted by atomic mass is 15.3. The van der Waals surface area contributed by atoms with Gasteiger partial charge in [0.15, 0.2) is 0 Å². The van der Waals surface area contributed by atoms with E-state index in [9.17, 15) is 0 Å². The first-order valence-electron chi connectivity index (χ1n) is 6.46. The van der Waals surface area contributed by atoms with Gasteiger partial charge in [0.2, 0.25) is 5.95 Å². The second-order valence-corrected chi connectivity index (χ2v) is 4.57. The van der Waals surface area contributed by atoms with E-state index in [0.29, 0.717) is 0 Å². The van der Waals surface area contributed by atoms with E-state index >= 15 is 0 Å². The summed E-state index contributed by atoms with van der Waals surface area (Å²) >= 11 is 0. The van der Waals surface area contributed by atoms with Gasteiger partial charge in [-0.25, -0.2) is 4.98 Å². The second-order valence-electron chi connectivity index (χ2n) is 4.57. The number of hydrogen-bond donors (Lipinski definition) is 1. The summed E-state index contributed by atoms with van der Waals surface area (Å²) in [5, 5.41) is 0. The van der Waals surface area contributed by atoms with Crippen molar-refractivity contribution in [3.8, 4) is 0 Å². The Kier molecular flexibility index (Phi) is 3.67. The quantitative estimate of drug-likeness (QED) is 0.854. The monoisotopic (exact) mass is 231 g/mol. The van der Waals surface area contributed by atoms with Crippen LogP contribution in [0.15, 0.2) is 18.2 Å². The first-order chi connectivity index (χ1) is 8.24. The number of imidazole rings is 1. The molecular weight excluding hydrogens is 210 g/mol. The van der Waals surface area contributed by atoms with Crippen molar-refractivity contribution in [3.63, 3.8) is 0 Å². The maximum Gasteiger partial charge on any atom is 0.203 e. The Morgan fingerprint density at radius 2 is 1.88 bits per heavy atom. The van der Waals surface area contributed by atoms with Gasteiger partial charge in [-0.1, -0.05) is 19.9 Å². The molecule has 0 radical (unpaired) electrons. The van der Waals surface area contributed by atoms with Crippen LogP contribution < -0.4 is 4.90 Å². The summed E-state index contributed by atoms with van der Waals surface area (Å²) < 4.78 is 0. The largest absolute Gasteiger partial charge is 0.342 e. The number of nitrogens with zero attached hydrogens (tertiary/aromatic N) is 2. The molecule has 92 valence electrons. The molecular formula is C14H21N3. The van der Waals surface area contributed by atoms with E-state index in [1.165, 1.54) is 5.56 Å². The number of fused-ring (bicyclic) bond motifs is 1. The number of aromatic amines is 1. The lowest BCUT2D eigenvalue weighted by Gasteiger charge is -2.19. The molecule has 1 aromatic carbocycles. The summed E-state index contributed by atoms with van der Waals surface area (Å²) in [6, 6.07) is 6.35. The van der Waals surface area contributed by atoms with E-state index in [2.05, 4.69) is 53.8 Å². The number of benzene rings is 1. The maximum atomic E-state index is 4.66. The molecule has 0 unspecified atom stereocenters. The van der Waals surface area contributed by atoms with Gasteiger partial charge in [-0.3, -0.25) is 0 Å². The van der Waals surface area contributed by atoms with Gasteiger partial charge < -0.3 is 9.88 Å². The Bertz CT molecular complexity index is 481. The molecule has 0 saturated carbocycles. The highest BCUT2D eigenvalue weighted by Crippen LogP contribution is 2.18. The van der Waals surface area contributed by atoms with Crippen molar-refractivity contribution in [1.82, 2.24) is 9.97 Å². The molecule has 2 rings (SSSR count). The molecule has 17 heavy (non-hydrogen) atoms. The lowest BCUT2D eigenvalue weighted by atomic mass is 10.2. The number of aromatic nitrogens is 2. The normalized spacial score (nSPS) is 11.0. The molecule has 0 fully saturated rings. The molecule has 3 heteroatoms. The Hall–Kier alpha value is -1.51.